The number of amides is 4. The van der Waals surface area contributed by atoms with Gasteiger partial charge in [0.1, 0.15) is 23.2 Å². The molecule has 5 aliphatic rings. The van der Waals surface area contributed by atoms with Crippen molar-refractivity contribution in [2.75, 3.05) is 20.3 Å². The molecule has 12 nitrogen and oxygen atoms in total. The lowest BCUT2D eigenvalue weighted by molar-refractivity contribution is -0.143. The van der Waals surface area contributed by atoms with E-state index in [9.17, 15) is 27.6 Å². The van der Waals surface area contributed by atoms with Crippen molar-refractivity contribution in [2.24, 2.45) is 17.3 Å². The highest BCUT2D eigenvalue weighted by Crippen LogP contribution is 2.57. The van der Waals surface area contributed by atoms with Gasteiger partial charge in [-0.25, -0.2) is 13.2 Å². The van der Waals surface area contributed by atoms with E-state index in [1.54, 1.807) is 7.11 Å². The molecule has 0 aromatic heterocycles. The molecule has 2 aromatic carbocycles. The van der Waals surface area contributed by atoms with Crippen LogP contribution in [-0.2, 0) is 45.9 Å². The normalized spacial score (nSPS) is 29.6. The van der Waals surface area contributed by atoms with E-state index in [1.807, 2.05) is 57.2 Å². The fourth-order valence-electron chi connectivity index (χ4n) is 8.07. The van der Waals surface area contributed by atoms with E-state index in [2.05, 4.69) is 27.5 Å². The van der Waals surface area contributed by atoms with E-state index in [-0.39, 0.29) is 31.4 Å². The van der Waals surface area contributed by atoms with Crippen LogP contribution in [0.2, 0.25) is 0 Å². The molecule has 2 aliphatic heterocycles. The van der Waals surface area contributed by atoms with Gasteiger partial charge in [0.15, 0.2) is 0 Å². The van der Waals surface area contributed by atoms with Crippen LogP contribution in [0.15, 0.2) is 48.5 Å². The van der Waals surface area contributed by atoms with E-state index in [0.717, 1.165) is 47.9 Å². The van der Waals surface area contributed by atoms with Crippen LogP contribution < -0.4 is 15.4 Å². The van der Waals surface area contributed by atoms with Crippen LogP contribution in [0.4, 0.5) is 4.79 Å². The van der Waals surface area contributed by atoms with Crippen molar-refractivity contribution in [1.29, 1.82) is 0 Å². The highest BCUT2D eigenvalue weighted by Gasteiger charge is 2.67. The summed E-state index contributed by atoms with van der Waals surface area (Å²) in [7, 11) is -2.30. The second-order valence-electron chi connectivity index (χ2n) is 16.5. The number of aryl methyl sites for hydroxylation is 1. The van der Waals surface area contributed by atoms with Crippen LogP contribution in [0, 0.1) is 17.3 Å². The van der Waals surface area contributed by atoms with Crippen LogP contribution in [0.3, 0.4) is 0 Å². The highest BCUT2D eigenvalue weighted by atomic mass is 32.2. The summed E-state index contributed by atoms with van der Waals surface area (Å²) in [5.41, 5.74) is 0.624. The molecule has 5 atom stereocenters. The Balaban J connectivity index is 1.26. The zero-order valence-electron chi connectivity index (χ0n) is 30.4. The molecular weight excluding hydrogens is 685 g/mol. The fourth-order valence-corrected chi connectivity index (χ4v) is 9.44. The molecule has 3 aliphatic carbocycles. The third kappa shape index (κ3) is 7.18. The van der Waals surface area contributed by atoms with Crippen molar-refractivity contribution in [1.82, 2.24) is 20.3 Å². The lowest BCUT2D eigenvalue weighted by Crippen LogP contribution is -2.60. The minimum Gasteiger partial charge on any atom is -0.450 e. The van der Waals surface area contributed by atoms with Gasteiger partial charge in [0.25, 0.3) is 5.91 Å². The number of methoxy groups -OCH3 is 1. The first-order chi connectivity index (χ1) is 24.7. The summed E-state index contributed by atoms with van der Waals surface area (Å²) in [5.74, 6) is -1.76. The average molecular weight is 735 g/mol. The van der Waals surface area contributed by atoms with Crippen LogP contribution in [0.1, 0.15) is 83.3 Å². The van der Waals surface area contributed by atoms with Gasteiger partial charge in [-0.2, -0.15) is 0 Å². The van der Waals surface area contributed by atoms with Crippen molar-refractivity contribution in [3.63, 3.8) is 0 Å². The molecule has 0 unspecified atom stereocenters. The topological polar surface area (TPSA) is 160 Å². The number of nitrogens with one attached hydrogen (secondary N) is 3. The molecule has 6 bridgehead atoms. The zero-order chi connectivity index (χ0) is 37.1. The third-order valence-electron chi connectivity index (χ3n) is 11.6. The fraction of sp³-hybridized carbons (Fsp3) is 0.590. The molecule has 52 heavy (non-hydrogen) atoms. The van der Waals surface area contributed by atoms with Gasteiger partial charge in [-0.05, 0) is 96.9 Å². The van der Waals surface area contributed by atoms with Gasteiger partial charge >= 0.3 is 6.09 Å². The Kier molecular flexibility index (Phi) is 9.42. The van der Waals surface area contributed by atoms with Crippen LogP contribution in [-0.4, -0.2) is 80.3 Å². The second-order valence-corrected chi connectivity index (χ2v) is 18.4. The van der Waals surface area contributed by atoms with Gasteiger partial charge in [-0.3, -0.25) is 19.1 Å². The lowest BCUT2D eigenvalue weighted by Gasteiger charge is -2.36. The Hall–Kier alpha value is -3.97. The Morgan fingerprint density at radius 3 is 2.37 bits per heavy atom. The number of sulfonamides is 1. The van der Waals surface area contributed by atoms with Gasteiger partial charge in [-0.1, -0.05) is 63.2 Å². The van der Waals surface area contributed by atoms with Crippen molar-refractivity contribution in [3.05, 3.63) is 59.7 Å². The summed E-state index contributed by atoms with van der Waals surface area (Å²) < 4.78 is 39.8. The van der Waals surface area contributed by atoms with Gasteiger partial charge in [0.05, 0.1) is 18.4 Å². The summed E-state index contributed by atoms with van der Waals surface area (Å²) in [4.78, 5) is 57.7. The minimum atomic E-state index is -3.86. The summed E-state index contributed by atoms with van der Waals surface area (Å²) >= 11 is 0. The number of hydrogen-bond acceptors (Lipinski definition) is 8. The first kappa shape index (κ1) is 36.4. The second kappa shape index (κ2) is 13.5. The van der Waals surface area contributed by atoms with E-state index in [0.29, 0.717) is 25.7 Å². The van der Waals surface area contributed by atoms with E-state index < -0.39 is 67.7 Å². The Labute approximate surface area is 305 Å². The van der Waals surface area contributed by atoms with Crippen molar-refractivity contribution >= 4 is 33.8 Å². The lowest BCUT2D eigenvalue weighted by atomic mass is 9.85. The van der Waals surface area contributed by atoms with Crippen molar-refractivity contribution in [2.45, 2.75) is 107 Å². The number of carbonyl (C=O) groups is 4. The number of alkyl carbamates (subject to hydrolysis) is 1. The summed E-state index contributed by atoms with van der Waals surface area (Å²) in [6.45, 7) is 5.67. The summed E-state index contributed by atoms with van der Waals surface area (Å²) in [6, 6.07) is 14.0. The number of hydrogen-bond donors (Lipinski definition) is 3. The molecular formula is C39H50N4O8S. The quantitative estimate of drug-likeness (QED) is 0.383. The largest absolute Gasteiger partial charge is 0.450 e. The number of benzene rings is 2. The molecule has 4 fully saturated rings. The standard InChI is InChI=1S/C39H50N4O8S/c1-37(2,3)32-34(45)43-23-38(50-4,28-13-8-12-27(20-28)26-11-7-10-24(19-26)9-5-6-18-51-36(47)40-32)22-31(43)33(44)41-39(21-30(39)25-14-15-25)35(46)42-52(48,49)29-16-17-29/h7-8,10-13,19-20,25,29-32H,5-6,9,14-18,21-23H2,1-4H3,(H,40,47)(H,41,44)(H,42,46)/t30-,31-,32+,38-,39+/m0/s1. The maximum atomic E-state index is 14.7. The Bertz CT molecular complexity index is 1870. The highest BCUT2D eigenvalue weighted by molar-refractivity contribution is 7.91. The number of carbonyl (C=O) groups excluding carboxylic acids is 4. The molecule has 13 heteroatoms. The monoisotopic (exact) mass is 734 g/mol. The Morgan fingerprint density at radius 1 is 0.981 bits per heavy atom. The van der Waals surface area contributed by atoms with Gasteiger partial charge in [-0.15, -0.1) is 0 Å². The van der Waals surface area contributed by atoms with E-state index >= 15 is 0 Å². The summed E-state index contributed by atoms with van der Waals surface area (Å²) in [5, 5.41) is 5.17. The zero-order valence-corrected chi connectivity index (χ0v) is 31.2. The number of rotatable bonds is 7. The molecule has 0 spiro atoms. The number of nitrogens with zero attached hydrogens (tertiary/aromatic N) is 1. The molecule has 2 aromatic rings. The minimum absolute atomic E-state index is 0.00543. The molecule has 1 saturated heterocycles. The maximum Gasteiger partial charge on any atom is 0.407 e. The average Bonchev–Trinajstić information content (AvgIpc) is 3.97. The van der Waals surface area contributed by atoms with Gasteiger partial charge in [0, 0.05) is 13.5 Å². The third-order valence-corrected chi connectivity index (χ3v) is 13.4. The number of ether oxygens (including phenoxy) is 2. The molecule has 0 radical (unpaired) electrons. The molecule has 7 rings (SSSR count). The predicted molar refractivity (Wildman–Crippen MR) is 193 cm³/mol. The first-order valence-corrected chi connectivity index (χ1v) is 20.1. The SMILES string of the molecule is CO[C@@]12C[C@@H](C(=O)N[C@]3(C(=O)NS(=O)(=O)C4CC4)C[C@H]3C3CC3)N(C1)C(=O)[C@H](C(C)(C)C)NC(=O)OCCCCc1cccc(c1)-c1cccc2c1. The predicted octanol–water partition coefficient (Wildman–Crippen LogP) is 4.17. The molecule has 3 saturated carbocycles. The van der Waals surface area contributed by atoms with Crippen LogP contribution in [0.5, 0.6) is 0 Å². The van der Waals surface area contributed by atoms with Gasteiger partial charge in [0.2, 0.25) is 21.8 Å². The maximum absolute atomic E-state index is 14.7. The smallest absolute Gasteiger partial charge is 0.407 e. The Morgan fingerprint density at radius 2 is 1.69 bits per heavy atom. The van der Waals surface area contributed by atoms with Crippen molar-refractivity contribution in [3.8, 4) is 11.1 Å². The van der Waals surface area contributed by atoms with E-state index in [4.69, 9.17) is 9.47 Å². The van der Waals surface area contributed by atoms with Crippen LogP contribution in [0.25, 0.3) is 11.1 Å². The molecule has 3 N–H and O–H groups in total. The van der Waals surface area contributed by atoms with Crippen LogP contribution >= 0.6 is 0 Å². The summed E-state index contributed by atoms with van der Waals surface area (Å²) in [6.07, 6.45) is 4.73. The van der Waals surface area contributed by atoms with Crippen molar-refractivity contribution < 1.29 is 37.1 Å². The molecule has 4 amide bonds. The number of fused-ring (bicyclic) bond motifs is 8. The van der Waals surface area contributed by atoms with E-state index in [1.165, 1.54) is 4.90 Å². The number of cyclic esters (lactones) is 1. The van der Waals surface area contributed by atoms with Gasteiger partial charge < -0.3 is 25.0 Å². The molecule has 280 valence electrons. The first-order valence-electron chi connectivity index (χ1n) is 18.5. The molecule has 2 heterocycles.